The minimum atomic E-state index is -0.946. The number of hydrogen-bond acceptors (Lipinski definition) is 3. The average Bonchev–Trinajstić information content (AvgIpc) is 2.86. The van der Waals surface area contributed by atoms with Gasteiger partial charge in [0.15, 0.2) is 5.69 Å². The number of rotatable bonds is 5. The van der Waals surface area contributed by atoms with Crippen molar-refractivity contribution in [1.29, 1.82) is 0 Å². The number of halogens is 1. The summed E-state index contributed by atoms with van der Waals surface area (Å²) in [5, 5.41) is 13.5. The fourth-order valence-electron chi connectivity index (χ4n) is 1.98. The van der Waals surface area contributed by atoms with Crippen molar-refractivity contribution >= 4 is 23.5 Å². The van der Waals surface area contributed by atoms with E-state index in [9.17, 15) is 9.59 Å². The summed E-state index contributed by atoms with van der Waals surface area (Å²) in [6.45, 7) is 1.91. The molecule has 0 unspecified atom stereocenters. The molecule has 0 bridgehead atoms. The molecule has 0 saturated carbocycles. The SMILES string of the molecule is Cc1cn(-c2ccccc2Cl)nc1C(=O)N(C)CCC(=O)O. The summed E-state index contributed by atoms with van der Waals surface area (Å²) < 4.78 is 1.55. The summed E-state index contributed by atoms with van der Waals surface area (Å²) in [7, 11) is 1.55. The molecule has 2 aromatic rings. The molecule has 0 aliphatic carbocycles. The maximum absolute atomic E-state index is 12.3. The molecular formula is C15H16ClN3O3. The van der Waals surface area contributed by atoms with Gasteiger partial charge in [0.05, 0.1) is 17.1 Å². The molecule has 7 heteroatoms. The number of aromatic nitrogens is 2. The predicted molar refractivity (Wildman–Crippen MR) is 82.5 cm³/mol. The lowest BCUT2D eigenvalue weighted by Crippen LogP contribution is -2.30. The Balaban J connectivity index is 2.25. The Morgan fingerprint density at radius 3 is 2.68 bits per heavy atom. The summed E-state index contributed by atoms with van der Waals surface area (Å²) in [5.74, 6) is -1.26. The number of carboxylic acids is 1. The summed E-state index contributed by atoms with van der Waals surface area (Å²) in [5.41, 5.74) is 1.67. The monoisotopic (exact) mass is 321 g/mol. The van der Waals surface area contributed by atoms with Crippen LogP contribution in [0.15, 0.2) is 30.5 Å². The molecule has 0 aliphatic rings. The molecule has 0 radical (unpaired) electrons. The van der Waals surface area contributed by atoms with Crippen LogP contribution in [0.2, 0.25) is 5.02 Å². The third-order valence-corrected chi connectivity index (χ3v) is 3.53. The van der Waals surface area contributed by atoms with E-state index in [1.165, 1.54) is 4.90 Å². The van der Waals surface area contributed by atoms with Crippen LogP contribution < -0.4 is 0 Å². The number of benzene rings is 1. The largest absolute Gasteiger partial charge is 0.481 e. The van der Waals surface area contributed by atoms with Gasteiger partial charge in [-0.25, -0.2) is 4.68 Å². The van der Waals surface area contributed by atoms with E-state index in [4.69, 9.17) is 16.7 Å². The number of carbonyl (C=O) groups is 2. The van der Waals surface area contributed by atoms with Crippen molar-refractivity contribution in [3.63, 3.8) is 0 Å². The summed E-state index contributed by atoms with van der Waals surface area (Å²) >= 11 is 6.13. The van der Waals surface area contributed by atoms with E-state index < -0.39 is 5.97 Å². The fraction of sp³-hybridized carbons (Fsp3) is 0.267. The van der Waals surface area contributed by atoms with E-state index in [1.807, 2.05) is 12.1 Å². The van der Waals surface area contributed by atoms with Gasteiger partial charge >= 0.3 is 5.97 Å². The number of aliphatic carboxylic acids is 1. The van der Waals surface area contributed by atoms with Crippen molar-refractivity contribution in [2.75, 3.05) is 13.6 Å². The van der Waals surface area contributed by atoms with Gasteiger partial charge in [0.2, 0.25) is 0 Å². The number of amides is 1. The molecule has 1 amide bonds. The van der Waals surface area contributed by atoms with E-state index in [2.05, 4.69) is 5.10 Å². The molecule has 0 saturated heterocycles. The van der Waals surface area contributed by atoms with Gasteiger partial charge in [0.1, 0.15) is 0 Å². The molecule has 0 spiro atoms. The van der Waals surface area contributed by atoms with Gasteiger partial charge < -0.3 is 10.0 Å². The van der Waals surface area contributed by atoms with Crippen LogP contribution in [0.4, 0.5) is 0 Å². The molecule has 0 aliphatic heterocycles. The number of aryl methyl sites for hydroxylation is 1. The molecule has 22 heavy (non-hydrogen) atoms. The van der Waals surface area contributed by atoms with Crippen molar-refractivity contribution in [2.24, 2.45) is 0 Å². The highest BCUT2D eigenvalue weighted by atomic mass is 35.5. The highest BCUT2D eigenvalue weighted by Crippen LogP contribution is 2.20. The van der Waals surface area contributed by atoms with E-state index in [-0.39, 0.29) is 24.6 Å². The first kappa shape index (κ1) is 16.0. The predicted octanol–water partition coefficient (Wildman–Crippen LogP) is 2.38. The third kappa shape index (κ3) is 3.46. The standard InChI is InChI=1S/C15H16ClN3O3/c1-10-9-19(12-6-4-3-5-11(12)16)17-14(10)15(22)18(2)8-7-13(20)21/h3-6,9H,7-8H2,1-2H3,(H,20,21). The first-order valence-electron chi connectivity index (χ1n) is 6.68. The molecule has 1 aromatic carbocycles. The number of carboxylic acid groups (broad SMARTS) is 1. The van der Waals surface area contributed by atoms with Gasteiger partial charge in [-0.2, -0.15) is 5.10 Å². The molecule has 116 valence electrons. The number of carbonyl (C=O) groups excluding carboxylic acids is 1. The van der Waals surface area contributed by atoms with E-state index in [0.717, 1.165) is 0 Å². The molecule has 6 nitrogen and oxygen atoms in total. The van der Waals surface area contributed by atoms with Crippen molar-refractivity contribution in [2.45, 2.75) is 13.3 Å². The Morgan fingerprint density at radius 1 is 1.36 bits per heavy atom. The summed E-state index contributed by atoms with van der Waals surface area (Å²) in [6, 6.07) is 7.19. The Labute approximate surface area is 132 Å². The van der Waals surface area contributed by atoms with Crippen LogP contribution in [0.25, 0.3) is 5.69 Å². The smallest absolute Gasteiger partial charge is 0.305 e. The zero-order valence-corrected chi connectivity index (χ0v) is 13.0. The molecular weight excluding hydrogens is 306 g/mol. The van der Waals surface area contributed by atoms with E-state index in [1.54, 1.807) is 37.0 Å². The molecule has 2 rings (SSSR count). The highest BCUT2D eigenvalue weighted by Gasteiger charge is 2.19. The highest BCUT2D eigenvalue weighted by molar-refractivity contribution is 6.32. The zero-order valence-electron chi connectivity index (χ0n) is 12.3. The lowest BCUT2D eigenvalue weighted by molar-refractivity contribution is -0.137. The molecule has 1 heterocycles. The van der Waals surface area contributed by atoms with Crippen LogP contribution in [-0.2, 0) is 4.79 Å². The number of hydrogen-bond donors (Lipinski definition) is 1. The molecule has 0 fully saturated rings. The lowest BCUT2D eigenvalue weighted by atomic mass is 10.2. The number of nitrogens with zero attached hydrogens (tertiary/aromatic N) is 3. The van der Waals surface area contributed by atoms with E-state index >= 15 is 0 Å². The van der Waals surface area contributed by atoms with Crippen LogP contribution in [0, 0.1) is 6.92 Å². The van der Waals surface area contributed by atoms with Gasteiger partial charge in [-0.1, -0.05) is 23.7 Å². The van der Waals surface area contributed by atoms with Gasteiger partial charge in [0, 0.05) is 25.4 Å². The van der Waals surface area contributed by atoms with Gasteiger partial charge in [-0.15, -0.1) is 0 Å². The maximum Gasteiger partial charge on any atom is 0.305 e. The molecule has 0 atom stereocenters. The zero-order chi connectivity index (χ0) is 16.3. The fourth-order valence-corrected chi connectivity index (χ4v) is 2.20. The second kappa shape index (κ2) is 6.62. The number of para-hydroxylation sites is 1. The van der Waals surface area contributed by atoms with Crippen molar-refractivity contribution in [3.8, 4) is 5.69 Å². The second-order valence-electron chi connectivity index (χ2n) is 4.93. The van der Waals surface area contributed by atoms with Crippen molar-refractivity contribution < 1.29 is 14.7 Å². The average molecular weight is 322 g/mol. The van der Waals surface area contributed by atoms with Crippen molar-refractivity contribution in [3.05, 3.63) is 46.7 Å². The Kier molecular flexibility index (Phi) is 4.82. The minimum absolute atomic E-state index is 0.105. The lowest BCUT2D eigenvalue weighted by Gasteiger charge is -2.14. The second-order valence-corrected chi connectivity index (χ2v) is 5.33. The topological polar surface area (TPSA) is 75.4 Å². The van der Waals surface area contributed by atoms with Gasteiger partial charge in [-0.3, -0.25) is 9.59 Å². The molecule has 1 N–H and O–H groups in total. The quantitative estimate of drug-likeness (QED) is 0.917. The maximum atomic E-state index is 12.3. The van der Waals surface area contributed by atoms with Crippen LogP contribution >= 0.6 is 11.6 Å². The first-order chi connectivity index (χ1) is 10.4. The van der Waals surface area contributed by atoms with Crippen LogP contribution in [0.5, 0.6) is 0 Å². The summed E-state index contributed by atoms with van der Waals surface area (Å²) in [4.78, 5) is 24.3. The third-order valence-electron chi connectivity index (χ3n) is 3.21. The minimum Gasteiger partial charge on any atom is -0.481 e. The molecule has 1 aromatic heterocycles. The van der Waals surface area contributed by atoms with E-state index in [0.29, 0.717) is 16.3 Å². The first-order valence-corrected chi connectivity index (χ1v) is 7.06. The van der Waals surface area contributed by atoms with Crippen molar-refractivity contribution in [1.82, 2.24) is 14.7 Å². The normalized spacial score (nSPS) is 10.5. The van der Waals surface area contributed by atoms with Gasteiger partial charge in [-0.05, 0) is 19.1 Å². The Hall–Kier alpha value is -2.34. The Bertz CT molecular complexity index is 712. The van der Waals surface area contributed by atoms with Crippen LogP contribution in [0.3, 0.4) is 0 Å². The summed E-state index contributed by atoms with van der Waals surface area (Å²) in [6.07, 6.45) is 1.62. The Morgan fingerprint density at radius 2 is 2.05 bits per heavy atom. The van der Waals surface area contributed by atoms with Crippen LogP contribution in [0.1, 0.15) is 22.5 Å². The van der Waals surface area contributed by atoms with Gasteiger partial charge in [0.25, 0.3) is 5.91 Å². The van der Waals surface area contributed by atoms with Crippen LogP contribution in [-0.4, -0.2) is 45.3 Å².